The summed E-state index contributed by atoms with van der Waals surface area (Å²) in [5.41, 5.74) is 0.187. The monoisotopic (exact) mass is 234 g/mol. The number of nitrogens with one attached hydrogen (secondary N) is 1. The van der Waals surface area contributed by atoms with Crippen LogP contribution in [0.2, 0.25) is 0 Å². The van der Waals surface area contributed by atoms with Gasteiger partial charge < -0.3 is 10.1 Å². The van der Waals surface area contributed by atoms with Gasteiger partial charge in [-0.05, 0) is 18.6 Å². The topological polar surface area (TPSA) is 33.6 Å². The van der Waals surface area contributed by atoms with Gasteiger partial charge in [-0.2, -0.15) is 0 Å². The molecule has 1 aromatic carbocycles. The zero-order valence-electron chi connectivity index (χ0n) is 9.79. The summed E-state index contributed by atoms with van der Waals surface area (Å²) in [5.74, 6) is 1.34. The van der Waals surface area contributed by atoms with Crippen LogP contribution >= 0.6 is 0 Å². The van der Waals surface area contributed by atoms with Gasteiger partial charge in [0.1, 0.15) is 17.4 Å². The van der Waals surface area contributed by atoms with Crippen LogP contribution in [0.4, 0.5) is 4.39 Å². The number of fused-ring (bicyclic) bond motifs is 1. The van der Waals surface area contributed by atoms with Crippen LogP contribution in [0.25, 0.3) is 0 Å². The summed E-state index contributed by atoms with van der Waals surface area (Å²) < 4.78 is 19.7. The first-order valence-corrected chi connectivity index (χ1v) is 6.00. The Morgan fingerprint density at radius 1 is 1.53 bits per heavy atom. The predicted molar refractivity (Wildman–Crippen MR) is 64.1 cm³/mol. The van der Waals surface area contributed by atoms with Gasteiger partial charge in [0, 0.05) is 18.5 Å². The molecule has 90 valence electrons. The second-order valence-corrected chi connectivity index (χ2v) is 4.50. The molecule has 0 aliphatic carbocycles. The van der Waals surface area contributed by atoms with Crippen molar-refractivity contribution in [1.82, 2.24) is 5.32 Å². The van der Waals surface area contributed by atoms with E-state index < -0.39 is 5.60 Å². The first-order chi connectivity index (χ1) is 8.25. The molecule has 0 bridgehead atoms. The summed E-state index contributed by atoms with van der Waals surface area (Å²) in [7, 11) is 0. The normalized spacial score (nSPS) is 26.1. The highest BCUT2D eigenvalue weighted by molar-refractivity contribution is 5.93. The van der Waals surface area contributed by atoms with E-state index in [-0.39, 0.29) is 5.82 Å². The first kappa shape index (κ1) is 10.6. The maximum atomic E-state index is 13.7. The Balaban J connectivity index is 2.00. The minimum atomic E-state index is -0.485. The SMILES string of the molecule is CCC1(C2=NCCN2)Cc2c(F)cccc2O1. The molecule has 2 aliphatic heterocycles. The molecule has 1 aromatic rings. The lowest BCUT2D eigenvalue weighted by molar-refractivity contribution is 0.162. The molecular weight excluding hydrogens is 219 g/mol. The fraction of sp³-hybridized carbons (Fsp3) is 0.462. The number of benzene rings is 1. The number of hydrogen-bond acceptors (Lipinski definition) is 3. The molecule has 1 unspecified atom stereocenters. The maximum Gasteiger partial charge on any atom is 0.169 e. The molecule has 0 saturated heterocycles. The van der Waals surface area contributed by atoms with E-state index in [0.29, 0.717) is 17.7 Å². The molecule has 17 heavy (non-hydrogen) atoms. The van der Waals surface area contributed by atoms with Crippen molar-refractivity contribution in [2.45, 2.75) is 25.4 Å². The molecule has 0 saturated carbocycles. The average Bonchev–Trinajstić information content (AvgIpc) is 2.97. The molecule has 0 radical (unpaired) electrons. The van der Waals surface area contributed by atoms with Crippen LogP contribution in [0.15, 0.2) is 23.2 Å². The number of hydrogen-bond donors (Lipinski definition) is 1. The fourth-order valence-corrected chi connectivity index (χ4v) is 2.54. The van der Waals surface area contributed by atoms with E-state index in [1.54, 1.807) is 6.07 Å². The molecule has 1 N–H and O–H groups in total. The summed E-state index contributed by atoms with van der Waals surface area (Å²) in [6.07, 6.45) is 1.35. The van der Waals surface area contributed by atoms with E-state index in [9.17, 15) is 4.39 Å². The van der Waals surface area contributed by atoms with Crippen LogP contribution in [0, 0.1) is 5.82 Å². The van der Waals surface area contributed by atoms with E-state index >= 15 is 0 Å². The molecule has 3 nitrogen and oxygen atoms in total. The van der Waals surface area contributed by atoms with E-state index in [2.05, 4.69) is 10.3 Å². The van der Waals surface area contributed by atoms with Crippen molar-refractivity contribution in [2.75, 3.05) is 13.1 Å². The molecule has 2 aliphatic rings. The van der Waals surface area contributed by atoms with Gasteiger partial charge in [-0.25, -0.2) is 4.39 Å². The minimum absolute atomic E-state index is 0.184. The van der Waals surface area contributed by atoms with Gasteiger partial charge in [0.25, 0.3) is 0 Å². The lowest BCUT2D eigenvalue weighted by Crippen LogP contribution is -2.48. The zero-order valence-corrected chi connectivity index (χ0v) is 9.79. The second-order valence-electron chi connectivity index (χ2n) is 4.50. The Kier molecular flexibility index (Phi) is 2.31. The maximum absolute atomic E-state index is 13.7. The van der Waals surface area contributed by atoms with Gasteiger partial charge in [0.2, 0.25) is 0 Å². The lowest BCUT2D eigenvalue weighted by Gasteiger charge is -2.27. The van der Waals surface area contributed by atoms with Gasteiger partial charge >= 0.3 is 0 Å². The van der Waals surface area contributed by atoms with Crippen molar-refractivity contribution >= 4 is 5.84 Å². The number of ether oxygens (including phenoxy) is 1. The Hall–Kier alpha value is -1.58. The molecule has 1 atom stereocenters. The van der Waals surface area contributed by atoms with Crippen LogP contribution in [-0.2, 0) is 6.42 Å². The average molecular weight is 234 g/mol. The highest BCUT2D eigenvalue weighted by atomic mass is 19.1. The smallest absolute Gasteiger partial charge is 0.169 e. The van der Waals surface area contributed by atoms with Crippen molar-refractivity contribution in [3.63, 3.8) is 0 Å². The van der Waals surface area contributed by atoms with Crippen molar-refractivity contribution in [1.29, 1.82) is 0 Å². The van der Waals surface area contributed by atoms with Gasteiger partial charge in [-0.3, -0.25) is 4.99 Å². The lowest BCUT2D eigenvalue weighted by atomic mass is 9.93. The summed E-state index contributed by atoms with van der Waals surface area (Å²) in [5, 5.41) is 3.25. The largest absolute Gasteiger partial charge is 0.479 e. The standard InChI is InChI=1S/C13H15FN2O/c1-2-13(12-15-6-7-16-12)8-9-10(14)4-3-5-11(9)17-13/h3-5H,2,6-8H2,1H3,(H,15,16). The third-order valence-electron chi connectivity index (χ3n) is 3.52. The van der Waals surface area contributed by atoms with Crippen molar-refractivity contribution in [3.05, 3.63) is 29.6 Å². The second kappa shape index (κ2) is 3.72. The van der Waals surface area contributed by atoms with Gasteiger partial charge in [-0.15, -0.1) is 0 Å². The Bertz CT molecular complexity index is 486. The van der Waals surface area contributed by atoms with Crippen molar-refractivity contribution < 1.29 is 9.13 Å². The third-order valence-corrected chi connectivity index (χ3v) is 3.52. The van der Waals surface area contributed by atoms with E-state index in [0.717, 1.165) is 25.3 Å². The fourth-order valence-electron chi connectivity index (χ4n) is 2.54. The third kappa shape index (κ3) is 1.51. The Morgan fingerprint density at radius 2 is 2.41 bits per heavy atom. The van der Waals surface area contributed by atoms with Crippen LogP contribution in [-0.4, -0.2) is 24.5 Å². The van der Waals surface area contributed by atoms with Gasteiger partial charge in [0.15, 0.2) is 5.60 Å². The predicted octanol–water partition coefficient (Wildman–Crippen LogP) is 1.91. The number of rotatable bonds is 2. The number of nitrogens with zero attached hydrogens (tertiary/aromatic N) is 1. The zero-order chi connectivity index (χ0) is 11.9. The van der Waals surface area contributed by atoms with Crippen LogP contribution in [0.3, 0.4) is 0 Å². The summed E-state index contributed by atoms with van der Waals surface area (Å²) >= 11 is 0. The quantitative estimate of drug-likeness (QED) is 0.848. The Labute approximate surface area is 99.7 Å². The minimum Gasteiger partial charge on any atom is -0.479 e. The molecule has 2 heterocycles. The number of aliphatic imine (C=N–C) groups is 1. The first-order valence-electron chi connectivity index (χ1n) is 6.00. The van der Waals surface area contributed by atoms with Gasteiger partial charge in [0.05, 0.1) is 6.54 Å². The molecular formula is C13H15FN2O. The van der Waals surface area contributed by atoms with Gasteiger partial charge in [-0.1, -0.05) is 13.0 Å². The van der Waals surface area contributed by atoms with E-state index in [1.165, 1.54) is 6.07 Å². The Morgan fingerprint density at radius 3 is 3.06 bits per heavy atom. The highest BCUT2D eigenvalue weighted by Gasteiger charge is 2.44. The number of amidine groups is 1. The molecule has 3 rings (SSSR count). The summed E-state index contributed by atoms with van der Waals surface area (Å²) in [4.78, 5) is 4.43. The van der Waals surface area contributed by atoms with Crippen molar-refractivity contribution in [2.24, 2.45) is 4.99 Å². The van der Waals surface area contributed by atoms with Crippen molar-refractivity contribution in [3.8, 4) is 5.75 Å². The van der Waals surface area contributed by atoms with E-state index in [1.807, 2.05) is 13.0 Å². The molecule has 4 heteroatoms. The van der Waals surface area contributed by atoms with Crippen LogP contribution in [0.5, 0.6) is 5.75 Å². The summed E-state index contributed by atoms with van der Waals surface area (Å²) in [6.45, 7) is 3.67. The molecule has 0 fully saturated rings. The van der Waals surface area contributed by atoms with Crippen LogP contribution < -0.4 is 10.1 Å². The van der Waals surface area contributed by atoms with Crippen LogP contribution in [0.1, 0.15) is 18.9 Å². The number of halogens is 1. The highest BCUT2D eigenvalue weighted by Crippen LogP contribution is 2.39. The molecule has 0 spiro atoms. The van der Waals surface area contributed by atoms with E-state index in [4.69, 9.17) is 4.74 Å². The summed E-state index contributed by atoms with van der Waals surface area (Å²) in [6, 6.07) is 4.99. The molecule has 0 aromatic heterocycles. The molecule has 0 amide bonds.